The predicted octanol–water partition coefficient (Wildman–Crippen LogP) is 4.94. The highest BCUT2D eigenvalue weighted by Gasteiger charge is 2.41. The van der Waals surface area contributed by atoms with Crippen molar-refractivity contribution in [3.05, 3.63) is 140 Å². The highest BCUT2D eigenvalue weighted by atomic mass is 127. The van der Waals surface area contributed by atoms with Crippen molar-refractivity contribution in [3.63, 3.8) is 0 Å². The van der Waals surface area contributed by atoms with Crippen LogP contribution in [0.5, 0.6) is 0 Å². The van der Waals surface area contributed by atoms with Gasteiger partial charge in [-0.15, -0.1) is 0 Å². The van der Waals surface area contributed by atoms with E-state index in [1.165, 1.54) is 4.57 Å². The monoisotopic (exact) mass is 594 g/mol. The zero-order chi connectivity index (χ0) is 25.1. The summed E-state index contributed by atoms with van der Waals surface area (Å²) in [5.41, 5.74) is 1.86. The SMILES string of the molecule is Cc1cn([C@H]2CC(I)[C@@H](COC(c3ccccc3)(c3ccccc3)c3ccccc3)O2)c(=O)[nH]c1=O. The molecule has 0 spiro atoms. The van der Waals surface area contributed by atoms with Crippen LogP contribution in [0.15, 0.2) is 107 Å². The number of ether oxygens (including phenoxy) is 2. The molecular weight excluding hydrogens is 567 g/mol. The molecule has 0 bridgehead atoms. The van der Waals surface area contributed by atoms with E-state index < -0.39 is 17.5 Å². The first-order chi connectivity index (χ1) is 17.5. The molecule has 184 valence electrons. The molecule has 2 heterocycles. The molecule has 1 N–H and O–H groups in total. The number of aromatic nitrogens is 2. The quantitative estimate of drug-likeness (QED) is 0.187. The fourth-order valence-electron chi connectivity index (χ4n) is 4.79. The maximum atomic E-state index is 12.5. The van der Waals surface area contributed by atoms with E-state index in [0.29, 0.717) is 18.6 Å². The third kappa shape index (κ3) is 4.70. The number of alkyl halides is 1. The summed E-state index contributed by atoms with van der Waals surface area (Å²) < 4.78 is 14.9. The van der Waals surface area contributed by atoms with Crippen LogP contribution in [0.2, 0.25) is 0 Å². The van der Waals surface area contributed by atoms with Gasteiger partial charge in [-0.1, -0.05) is 114 Å². The lowest BCUT2D eigenvalue weighted by Crippen LogP contribution is -2.37. The number of H-pyrrole nitrogens is 1. The van der Waals surface area contributed by atoms with Crippen LogP contribution in [-0.4, -0.2) is 26.2 Å². The minimum absolute atomic E-state index is 0.117. The number of benzene rings is 3. The lowest BCUT2D eigenvalue weighted by Gasteiger charge is -2.37. The van der Waals surface area contributed by atoms with Gasteiger partial charge in [0.25, 0.3) is 5.56 Å². The molecule has 0 saturated carbocycles. The van der Waals surface area contributed by atoms with Gasteiger partial charge in [-0.3, -0.25) is 14.3 Å². The van der Waals surface area contributed by atoms with Gasteiger partial charge in [0.2, 0.25) is 0 Å². The van der Waals surface area contributed by atoms with E-state index in [0.717, 1.165) is 16.7 Å². The average Bonchev–Trinajstić information content (AvgIpc) is 3.28. The molecule has 0 amide bonds. The summed E-state index contributed by atoms with van der Waals surface area (Å²) >= 11 is 2.37. The molecule has 3 atom stereocenters. The Morgan fingerprint density at radius 1 is 0.917 bits per heavy atom. The van der Waals surface area contributed by atoms with Crippen molar-refractivity contribution < 1.29 is 9.47 Å². The van der Waals surface area contributed by atoms with Crippen LogP contribution in [0.1, 0.15) is 34.9 Å². The van der Waals surface area contributed by atoms with E-state index in [9.17, 15) is 9.59 Å². The molecule has 1 fully saturated rings. The van der Waals surface area contributed by atoms with Crippen molar-refractivity contribution >= 4 is 22.6 Å². The summed E-state index contributed by atoms with van der Waals surface area (Å²) in [6.07, 6.45) is 1.49. The summed E-state index contributed by atoms with van der Waals surface area (Å²) in [4.78, 5) is 26.7. The summed E-state index contributed by atoms with van der Waals surface area (Å²) in [6, 6.07) is 30.6. The second-order valence-electron chi connectivity index (χ2n) is 8.95. The van der Waals surface area contributed by atoms with Crippen LogP contribution in [0.25, 0.3) is 0 Å². The fourth-order valence-corrected chi connectivity index (χ4v) is 5.60. The number of nitrogens with one attached hydrogen (secondary N) is 1. The standard InChI is InChI=1S/C29H27IN2O4/c1-20-18-32(28(34)31-27(20)33)26-17-24(30)25(36-26)19-35-29(21-11-5-2-6-12-21,22-13-7-3-8-14-22)23-15-9-4-10-16-23/h2-16,18,24-26H,17,19H2,1H3,(H,31,33,34)/t24?,25-,26-/m1/s1. The maximum Gasteiger partial charge on any atom is 0.330 e. The Labute approximate surface area is 223 Å². The second kappa shape index (κ2) is 10.5. The van der Waals surface area contributed by atoms with Gasteiger partial charge in [0.1, 0.15) is 11.8 Å². The highest BCUT2D eigenvalue weighted by Crippen LogP contribution is 2.42. The lowest BCUT2D eigenvalue weighted by atomic mass is 9.80. The topological polar surface area (TPSA) is 73.3 Å². The molecule has 1 aliphatic rings. The number of hydrogen-bond donors (Lipinski definition) is 1. The van der Waals surface area contributed by atoms with Crippen molar-refractivity contribution in [2.75, 3.05) is 6.61 Å². The van der Waals surface area contributed by atoms with Gasteiger partial charge in [-0.25, -0.2) is 4.79 Å². The van der Waals surface area contributed by atoms with Crippen LogP contribution < -0.4 is 11.2 Å². The van der Waals surface area contributed by atoms with Crippen LogP contribution in [0.4, 0.5) is 0 Å². The zero-order valence-corrected chi connectivity index (χ0v) is 22.0. The molecule has 3 aromatic carbocycles. The summed E-state index contributed by atoms with van der Waals surface area (Å²) in [5.74, 6) is 0. The van der Waals surface area contributed by atoms with E-state index in [4.69, 9.17) is 9.47 Å². The Morgan fingerprint density at radius 2 is 1.42 bits per heavy atom. The van der Waals surface area contributed by atoms with Crippen LogP contribution in [0.3, 0.4) is 0 Å². The molecule has 6 nitrogen and oxygen atoms in total. The molecule has 4 aromatic rings. The van der Waals surface area contributed by atoms with Crippen LogP contribution in [0, 0.1) is 6.92 Å². The van der Waals surface area contributed by atoms with Crippen molar-refractivity contribution in [1.82, 2.24) is 9.55 Å². The van der Waals surface area contributed by atoms with E-state index >= 15 is 0 Å². The van der Waals surface area contributed by atoms with Crippen molar-refractivity contribution in [1.29, 1.82) is 0 Å². The smallest absolute Gasteiger partial charge is 0.330 e. The van der Waals surface area contributed by atoms with Crippen LogP contribution >= 0.6 is 22.6 Å². The van der Waals surface area contributed by atoms with E-state index in [2.05, 4.69) is 64.0 Å². The number of hydrogen-bond acceptors (Lipinski definition) is 4. The minimum Gasteiger partial charge on any atom is -0.358 e. The molecule has 0 aliphatic carbocycles. The Hall–Kier alpha value is -3.01. The lowest BCUT2D eigenvalue weighted by molar-refractivity contribution is -0.0759. The normalized spacial score (nSPS) is 19.9. The van der Waals surface area contributed by atoms with Crippen molar-refractivity contribution in [3.8, 4) is 0 Å². The summed E-state index contributed by atoms with van der Waals surface area (Å²) in [6.45, 7) is 2.00. The molecule has 36 heavy (non-hydrogen) atoms. The Morgan fingerprint density at radius 3 is 1.92 bits per heavy atom. The Bertz CT molecular complexity index is 1320. The molecule has 0 radical (unpaired) electrons. The molecule has 7 heteroatoms. The largest absolute Gasteiger partial charge is 0.358 e. The first kappa shape index (κ1) is 24.7. The van der Waals surface area contributed by atoms with Crippen molar-refractivity contribution in [2.24, 2.45) is 0 Å². The minimum atomic E-state index is -0.840. The Balaban J connectivity index is 1.50. The first-order valence-electron chi connectivity index (χ1n) is 11.9. The van der Waals surface area contributed by atoms with Gasteiger partial charge >= 0.3 is 5.69 Å². The van der Waals surface area contributed by atoms with Gasteiger partial charge in [0.05, 0.1) is 12.7 Å². The zero-order valence-electron chi connectivity index (χ0n) is 19.8. The van der Waals surface area contributed by atoms with E-state index in [1.54, 1.807) is 13.1 Å². The number of nitrogens with zero attached hydrogens (tertiary/aromatic N) is 1. The van der Waals surface area contributed by atoms with E-state index in [1.807, 2.05) is 54.6 Å². The molecule has 5 rings (SSSR count). The van der Waals surface area contributed by atoms with Gasteiger partial charge < -0.3 is 9.47 Å². The third-order valence-corrected chi connectivity index (χ3v) is 7.93. The molecular formula is C29H27IN2O4. The molecule has 1 aliphatic heterocycles. The van der Waals surface area contributed by atoms with Gasteiger partial charge in [0, 0.05) is 22.1 Å². The fraction of sp³-hybridized carbons (Fsp3) is 0.241. The highest BCUT2D eigenvalue weighted by molar-refractivity contribution is 14.1. The predicted molar refractivity (Wildman–Crippen MR) is 148 cm³/mol. The first-order valence-corrected chi connectivity index (χ1v) is 13.2. The molecule has 1 aromatic heterocycles. The number of aryl methyl sites for hydroxylation is 1. The number of halogens is 1. The van der Waals surface area contributed by atoms with Gasteiger partial charge in [-0.05, 0) is 23.6 Å². The molecule has 1 saturated heterocycles. The average molecular weight is 594 g/mol. The number of rotatable bonds is 7. The molecule has 1 unspecified atom stereocenters. The van der Waals surface area contributed by atoms with Gasteiger partial charge in [0.15, 0.2) is 0 Å². The van der Waals surface area contributed by atoms with Gasteiger partial charge in [-0.2, -0.15) is 0 Å². The second-order valence-corrected chi connectivity index (χ2v) is 10.5. The van der Waals surface area contributed by atoms with Crippen molar-refractivity contribution in [2.45, 2.75) is 35.2 Å². The Kier molecular flexibility index (Phi) is 7.22. The number of aromatic amines is 1. The van der Waals surface area contributed by atoms with Crippen LogP contribution in [-0.2, 0) is 15.1 Å². The van der Waals surface area contributed by atoms with E-state index in [-0.39, 0.29) is 15.6 Å². The summed E-state index contributed by atoms with van der Waals surface area (Å²) in [7, 11) is 0. The third-order valence-electron chi connectivity index (χ3n) is 6.62. The summed E-state index contributed by atoms with van der Waals surface area (Å²) in [5, 5.41) is 0. The maximum absolute atomic E-state index is 12.5.